The highest BCUT2D eigenvalue weighted by molar-refractivity contribution is 5.88. The van der Waals surface area contributed by atoms with E-state index in [2.05, 4.69) is 5.32 Å². The monoisotopic (exact) mass is 284 g/mol. The number of ether oxygens (including phenoxy) is 1. The third kappa shape index (κ3) is 4.20. The van der Waals surface area contributed by atoms with E-state index in [-0.39, 0.29) is 11.9 Å². The minimum atomic E-state index is -0.571. The van der Waals surface area contributed by atoms with Gasteiger partial charge in [-0.15, -0.1) is 0 Å². The number of nitrogens with two attached hydrogens (primary N) is 1. The van der Waals surface area contributed by atoms with E-state index in [1.54, 1.807) is 0 Å². The Kier molecular flexibility index (Phi) is 6.46. The number of hydrogen-bond donors (Lipinski definition) is 2. The Morgan fingerprint density at radius 3 is 2.30 bits per heavy atom. The lowest BCUT2D eigenvalue weighted by Crippen LogP contribution is -2.52. The molecule has 1 amide bonds. The lowest BCUT2D eigenvalue weighted by molar-refractivity contribution is -0.147. The van der Waals surface area contributed by atoms with Crippen LogP contribution in [0.2, 0.25) is 0 Å². The van der Waals surface area contributed by atoms with Crippen LogP contribution in [-0.4, -0.2) is 31.6 Å². The van der Waals surface area contributed by atoms with E-state index in [1.165, 1.54) is 7.11 Å². The van der Waals surface area contributed by atoms with Crippen molar-refractivity contribution in [1.82, 2.24) is 5.32 Å². The standard InChI is InChI=1S/C15H28N2O3/c1-11(2)9-12(13(18)20-3)17-14(19)15(10-16)7-5-4-6-8-15/h11-12H,4-10,16H2,1-3H3,(H,17,19)/t12-/m0/s1. The molecular formula is C15H28N2O3. The van der Waals surface area contributed by atoms with Crippen LogP contribution in [0.25, 0.3) is 0 Å². The first kappa shape index (κ1) is 17.0. The molecule has 1 atom stereocenters. The maximum Gasteiger partial charge on any atom is 0.328 e. The van der Waals surface area contributed by atoms with Crippen LogP contribution in [0.5, 0.6) is 0 Å². The molecule has 0 aromatic carbocycles. The van der Waals surface area contributed by atoms with Gasteiger partial charge in [-0.3, -0.25) is 4.79 Å². The van der Waals surface area contributed by atoms with Crippen molar-refractivity contribution in [2.24, 2.45) is 17.1 Å². The summed E-state index contributed by atoms with van der Waals surface area (Å²) in [5.41, 5.74) is 5.35. The number of amides is 1. The minimum absolute atomic E-state index is 0.0873. The minimum Gasteiger partial charge on any atom is -0.467 e. The predicted octanol–water partition coefficient (Wildman–Crippen LogP) is 1.60. The molecule has 0 unspecified atom stereocenters. The molecule has 0 aromatic heterocycles. The average Bonchev–Trinajstić information content (AvgIpc) is 2.45. The number of carbonyl (C=O) groups excluding carboxylic acids is 2. The largest absolute Gasteiger partial charge is 0.467 e. The molecule has 1 aliphatic rings. The molecule has 116 valence electrons. The lowest BCUT2D eigenvalue weighted by atomic mass is 9.73. The van der Waals surface area contributed by atoms with E-state index in [4.69, 9.17) is 10.5 Å². The SMILES string of the molecule is COC(=O)[C@H](CC(C)C)NC(=O)C1(CN)CCCCC1. The van der Waals surface area contributed by atoms with Crippen molar-refractivity contribution in [3.8, 4) is 0 Å². The number of carbonyl (C=O) groups is 2. The predicted molar refractivity (Wildman–Crippen MR) is 78.0 cm³/mol. The summed E-state index contributed by atoms with van der Waals surface area (Å²) in [6.45, 7) is 4.37. The molecule has 1 aliphatic carbocycles. The number of rotatable bonds is 6. The Bertz CT molecular complexity index is 336. The van der Waals surface area contributed by atoms with Crippen LogP contribution in [-0.2, 0) is 14.3 Å². The maximum absolute atomic E-state index is 12.6. The topological polar surface area (TPSA) is 81.4 Å². The Balaban J connectivity index is 2.75. The second-order valence-corrected chi connectivity index (χ2v) is 6.22. The normalized spacial score (nSPS) is 19.4. The van der Waals surface area contributed by atoms with Gasteiger partial charge >= 0.3 is 5.97 Å². The summed E-state index contributed by atoms with van der Waals surface area (Å²) in [4.78, 5) is 24.4. The number of esters is 1. The van der Waals surface area contributed by atoms with Gasteiger partial charge in [-0.05, 0) is 25.2 Å². The molecule has 0 radical (unpaired) electrons. The quantitative estimate of drug-likeness (QED) is 0.726. The second kappa shape index (κ2) is 7.62. The van der Waals surface area contributed by atoms with Gasteiger partial charge in [0.1, 0.15) is 6.04 Å². The molecule has 20 heavy (non-hydrogen) atoms. The fourth-order valence-corrected chi connectivity index (χ4v) is 2.89. The van der Waals surface area contributed by atoms with E-state index in [0.717, 1.165) is 32.1 Å². The molecule has 1 fully saturated rings. The highest BCUT2D eigenvalue weighted by Crippen LogP contribution is 2.35. The molecule has 5 heteroatoms. The number of nitrogens with one attached hydrogen (secondary N) is 1. The van der Waals surface area contributed by atoms with E-state index in [9.17, 15) is 9.59 Å². The Hall–Kier alpha value is -1.10. The van der Waals surface area contributed by atoms with Crippen LogP contribution < -0.4 is 11.1 Å². The molecule has 0 heterocycles. The van der Waals surface area contributed by atoms with Crippen molar-refractivity contribution >= 4 is 11.9 Å². The van der Waals surface area contributed by atoms with Gasteiger partial charge in [0, 0.05) is 6.54 Å². The van der Waals surface area contributed by atoms with Gasteiger partial charge < -0.3 is 15.8 Å². The highest BCUT2D eigenvalue weighted by Gasteiger charge is 2.39. The van der Waals surface area contributed by atoms with Crippen LogP contribution in [0.15, 0.2) is 0 Å². The maximum atomic E-state index is 12.6. The molecule has 3 N–H and O–H groups in total. The van der Waals surface area contributed by atoms with Gasteiger partial charge in [0.2, 0.25) is 5.91 Å². The number of methoxy groups -OCH3 is 1. The zero-order chi connectivity index (χ0) is 15.2. The second-order valence-electron chi connectivity index (χ2n) is 6.22. The van der Waals surface area contributed by atoms with Gasteiger partial charge in [0.05, 0.1) is 12.5 Å². The number of hydrogen-bond acceptors (Lipinski definition) is 4. The summed E-state index contributed by atoms with van der Waals surface area (Å²) < 4.78 is 4.78. The van der Waals surface area contributed by atoms with Crippen LogP contribution in [0.4, 0.5) is 0 Å². The Morgan fingerprint density at radius 1 is 1.25 bits per heavy atom. The summed E-state index contributed by atoms with van der Waals surface area (Å²) in [5, 5.41) is 2.87. The van der Waals surface area contributed by atoms with Crippen molar-refractivity contribution in [3.63, 3.8) is 0 Å². The molecular weight excluding hydrogens is 256 g/mol. The van der Waals surface area contributed by atoms with Crippen molar-refractivity contribution in [1.29, 1.82) is 0 Å². The van der Waals surface area contributed by atoms with Gasteiger partial charge in [-0.1, -0.05) is 33.1 Å². The molecule has 0 saturated heterocycles. The van der Waals surface area contributed by atoms with Gasteiger partial charge in [-0.2, -0.15) is 0 Å². The van der Waals surface area contributed by atoms with E-state index >= 15 is 0 Å². The summed E-state index contributed by atoms with van der Waals surface area (Å²) in [6.07, 6.45) is 5.41. The molecule has 0 bridgehead atoms. The van der Waals surface area contributed by atoms with Crippen molar-refractivity contribution in [3.05, 3.63) is 0 Å². The third-order valence-electron chi connectivity index (χ3n) is 4.18. The van der Waals surface area contributed by atoms with Crippen molar-refractivity contribution in [2.75, 3.05) is 13.7 Å². The van der Waals surface area contributed by atoms with Crippen LogP contribution in [0.3, 0.4) is 0 Å². The van der Waals surface area contributed by atoms with Crippen LogP contribution in [0.1, 0.15) is 52.4 Å². The highest BCUT2D eigenvalue weighted by atomic mass is 16.5. The van der Waals surface area contributed by atoms with Gasteiger partial charge in [0.25, 0.3) is 0 Å². The first-order valence-electron chi connectivity index (χ1n) is 7.54. The van der Waals surface area contributed by atoms with Crippen molar-refractivity contribution in [2.45, 2.75) is 58.4 Å². The fourth-order valence-electron chi connectivity index (χ4n) is 2.89. The zero-order valence-electron chi connectivity index (χ0n) is 12.9. The summed E-state index contributed by atoms with van der Waals surface area (Å²) in [7, 11) is 1.35. The molecule has 1 saturated carbocycles. The summed E-state index contributed by atoms with van der Waals surface area (Å²) in [6, 6.07) is -0.571. The van der Waals surface area contributed by atoms with Gasteiger partial charge in [-0.25, -0.2) is 4.79 Å². The third-order valence-corrected chi connectivity index (χ3v) is 4.18. The first-order chi connectivity index (χ1) is 9.45. The Labute approximate surface area is 121 Å². The molecule has 0 aliphatic heterocycles. The van der Waals surface area contributed by atoms with Gasteiger partial charge in [0.15, 0.2) is 0 Å². The summed E-state index contributed by atoms with van der Waals surface area (Å²) in [5.74, 6) is -0.162. The van der Waals surface area contributed by atoms with E-state index in [1.807, 2.05) is 13.8 Å². The van der Waals surface area contributed by atoms with Crippen molar-refractivity contribution < 1.29 is 14.3 Å². The van der Waals surface area contributed by atoms with E-state index < -0.39 is 11.5 Å². The molecule has 0 spiro atoms. The smallest absolute Gasteiger partial charge is 0.328 e. The molecule has 0 aromatic rings. The zero-order valence-corrected chi connectivity index (χ0v) is 12.9. The molecule has 5 nitrogen and oxygen atoms in total. The Morgan fingerprint density at radius 2 is 1.85 bits per heavy atom. The van der Waals surface area contributed by atoms with Crippen LogP contribution >= 0.6 is 0 Å². The summed E-state index contributed by atoms with van der Waals surface area (Å²) >= 11 is 0. The average molecular weight is 284 g/mol. The first-order valence-corrected chi connectivity index (χ1v) is 7.54. The fraction of sp³-hybridized carbons (Fsp3) is 0.867. The van der Waals surface area contributed by atoms with Crippen LogP contribution in [0, 0.1) is 11.3 Å². The lowest BCUT2D eigenvalue weighted by Gasteiger charge is -2.35. The van der Waals surface area contributed by atoms with E-state index in [0.29, 0.717) is 18.9 Å². The molecule has 1 rings (SSSR count).